The number of carbonyl (C=O) groups is 2. The minimum absolute atomic E-state index is 0.000694. The Balaban J connectivity index is 3.32. The third-order valence-corrected chi connectivity index (χ3v) is 2.29. The van der Waals surface area contributed by atoms with Gasteiger partial charge < -0.3 is 0 Å². The number of nitroso groups, excluding NO2 is 2. The van der Waals surface area contributed by atoms with Crippen molar-refractivity contribution in [2.45, 2.75) is 6.92 Å². The first kappa shape index (κ1) is 13.4. The number of carbonyl (C=O) groups excluding carboxylic acids is 2. The number of hydrogen-bond acceptors (Lipinski definition) is 6. The summed E-state index contributed by atoms with van der Waals surface area (Å²) in [6, 6.07) is 4.48. The molecule has 0 radical (unpaired) electrons. The van der Waals surface area contributed by atoms with Crippen LogP contribution in [0.5, 0.6) is 0 Å². The molecule has 0 aliphatic heterocycles. The van der Waals surface area contributed by atoms with Gasteiger partial charge in [0.05, 0.1) is 21.7 Å². The molecule has 0 fully saturated rings. The molecule has 18 heavy (non-hydrogen) atoms. The Hall–Kier alpha value is -2.64. The quantitative estimate of drug-likeness (QED) is 0.638. The minimum Gasteiger partial charge on any atom is -0.267 e. The van der Waals surface area contributed by atoms with Gasteiger partial charge in [0, 0.05) is 7.05 Å². The summed E-state index contributed by atoms with van der Waals surface area (Å²) in [5, 5.41) is 5.28. The molecule has 8 heteroatoms. The third kappa shape index (κ3) is 2.54. The molecular weight excluding hydrogens is 240 g/mol. The lowest BCUT2D eigenvalue weighted by molar-refractivity contribution is 0.0788. The van der Waals surface area contributed by atoms with E-state index in [1.807, 2.05) is 0 Å². The van der Waals surface area contributed by atoms with Gasteiger partial charge in [0.25, 0.3) is 11.8 Å². The Labute approximate surface area is 102 Å². The van der Waals surface area contributed by atoms with Gasteiger partial charge in [-0.1, -0.05) is 12.1 Å². The highest BCUT2D eigenvalue weighted by atomic mass is 16.3. The van der Waals surface area contributed by atoms with Crippen LogP contribution >= 0.6 is 0 Å². The molecule has 0 saturated carbocycles. The highest BCUT2D eigenvalue weighted by Gasteiger charge is 2.22. The fourth-order valence-electron chi connectivity index (χ4n) is 1.44. The van der Waals surface area contributed by atoms with E-state index in [1.165, 1.54) is 13.1 Å². The van der Waals surface area contributed by atoms with Gasteiger partial charge >= 0.3 is 0 Å². The molecule has 1 aromatic carbocycles. The second kappa shape index (κ2) is 5.62. The predicted octanol–water partition coefficient (Wildman–Crippen LogP) is 1.16. The number of amides is 2. The molecule has 8 nitrogen and oxygen atoms in total. The highest BCUT2D eigenvalue weighted by molar-refractivity contribution is 6.07. The maximum absolute atomic E-state index is 11.9. The van der Waals surface area contributed by atoms with Gasteiger partial charge in [0.15, 0.2) is 0 Å². The topological polar surface area (TPSA) is 108 Å². The van der Waals surface area contributed by atoms with Gasteiger partial charge in [-0.25, -0.2) is 5.43 Å². The van der Waals surface area contributed by atoms with E-state index in [9.17, 15) is 19.4 Å². The summed E-state index contributed by atoms with van der Waals surface area (Å²) in [7, 11) is 1.17. The van der Waals surface area contributed by atoms with Crippen molar-refractivity contribution in [3.8, 4) is 0 Å². The second-order valence-electron chi connectivity index (χ2n) is 3.44. The van der Waals surface area contributed by atoms with E-state index in [4.69, 9.17) is 0 Å². The fourth-order valence-corrected chi connectivity index (χ4v) is 1.44. The van der Waals surface area contributed by atoms with Gasteiger partial charge in [-0.15, -0.1) is 9.81 Å². The lowest BCUT2D eigenvalue weighted by atomic mass is 10.0. The van der Waals surface area contributed by atoms with Crippen LogP contribution < -0.4 is 5.43 Å². The van der Waals surface area contributed by atoms with Crippen molar-refractivity contribution in [2.24, 2.45) is 10.6 Å². The smallest absolute Gasteiger partial charge is 0.267 e. The molecule has 1 rings (SSSR count). The van der Waals surface area contributed by atoms with Crippen molar-refractivity contribution in [1.82, 2.24) is 10.4 Å². The summed E-state index contributed by atoms with van der Waals surface area (Å²) in [5.74, 6) is -1.56. The maximum Gasteiger partial charge on any atom is 0.277 e. The van der Waals surface area contributed by atoms with Crippen molar-refractivity contribution in [3.63, 3.8) is 0 Å². The first-order valence-corrected chi connectivity index (χ1v) is 4.86. The Morgan fingerprint density at radius 2 is 1.94 bits per heavy atom. The van der Waals surface area contributed by atoms with E-state index >= 15 is 0 Å². The van der Waals surface area contributed by atoms with Crippen LogP contribution in [-0.2, 0) is 0 Å². The van der Waals surface area contributed by atoms with E-state index in [2.05, 4.69) is 10.6 Å². The van der Waals surface area contributed by atoms with Crippen LogP contribution in [0.3, 0.4) is 0 Å². The number of nitrogens with one attached hydrogen (secondary N) is 1. The van der Waals surface area contributed by atoms with E-state index < -0.39 is 11.8 Å². The van der Waals surface area contributed by atoms with Crippen LogP contribution in [0.25, 0.3) is 0 Å². The first-order chi connectivity index (χ1) is 8.52. The van der Waals surface area contributed by atoms with Gasteiger partial charge in [-0.05, 0) is 18.6 Å². The molecule has 1 N–H and O–H groups in total. The Bertz CT molecular complexity index is 515. The molecule has 94 valence electrons. The Morgan fingerprint density at radius 3 is 2.50 bits per heavy atom. The molecule has 0 aliphatic carbocycles. The molecule has 2 amide bonds. The van der Waals surface area contributed by atoms with Crippen LogP contribution in [0.15, 0.2) is 28.8 Å². The molecule has 0 aliphatic rings. The fraction of sp³-hybridized carbons (Fsp3) is 0.200. The minimum atomic E-state index is -0.823. The van der Waals surface area contributed by atoms with Crippen molar-refractivity contribution in [3.05, 3.63) is 44.7 Å². The van der Waals surface area contributed by atoms with Crippen molar-refractivity contribution >= 4 is 11.8 Å². The molecule has 1 aromatic rings. The molecule has 0 bridgehead atoms. The first-order valence-electron chi connectivity index (χ1n) is 4.86. The molecule has 0 saturated heterocycles. The molecule has 0 atom stereocenters. The zero-order valence-electron chi connectivity index (χ0n) is 9.71. The van der Waals surface area contributed by atoms with E-state index in [1.54, 1.807) is 24.5 Å². The third-order valence-electron chi connectivity index (χ3n) is 2.29. The Morgan fingerprint density at radius 1 is 1.28 bits per heavy atom. The van der Waals surface area contributed by atoms with Crippen molar-refractivity contribution < 1.29 is 9.59 Å². The number of nitrogens with zero attached hydrogens (tertiary/aromatic N) is 3. The number of rotatable bonds is 4. The summed E-state index contributed by atoms with van der Waals surface area (Å²) in [6.45, 7) is 1.59. The van der Waals surface area contributed by atoms with Crippen LogP contribution in [-0.4, -0.2) is 23.9 Å². The lowest BCUT2D eigenvalue weighted by Crippen LogP contribution is -2.27. The SMILES string of the molecule is Cc1cccc(C(=O)NN=O)c1C(=O)N(C)N=O. The average Bonchev–Trinajstić information content (AvgIpc) is 2.37. The predicted molar refractivity (Wildman–Crippen MR) is 62.3 cm³/mol. The van der Waals surface area contributed by atoms with E-state index in [-0.39, 0.29) is 11.1 Å². The van der Waals surface area contributed by atoms with Crippen molar-refractivity contribution in [1.29, 1.82) is 0 Å². The monoisotopic (exact) mass is 250 g/mol. The van der Waals surface area contributed by atoms with E-state index in [0.29, 0.717) is 10.6 Å². The lowest BCUT2D eigenvalue weighted by Gasteiger charge is -2.12. The molecular formula is C10H10N4O4. The van der Waals surface area contributed by atoms with Crippen LogP contribution in [0.2, 0.25) is 0 Å². The zero-order chi connectivity index (χ0) is 13.7. The average molecular weight is 250 g/mol. The normalized spacial score (nSPS) is 9.44. The summed E-state index contributed by atoms with van der Waals surface area (Å²) in [5.41, 5.74) is 2.13. The van der Waals surface area contributed by atoms with Gasteiger partial charge in [-0.2, -0.15) is 5.01 Å². The molecule has 0 unspecified atom stereocenters. The largest absolute Gasteiger partial charge is 0.277 e. The number of hydrogen-bond donors (Lipinski definition) is 1. The van der Waals surface area contributed by atoms with Crippen LogP contribution in [0, 0.1) is 16.7 Å². The highest BCUT2D eigenvalue weighted by Crippen LogP contribution is 2.16. The summed E-state index contributed by atoms with van der Waals surface area (Å²) < 4.78 is 0. The van der Waals surface area contributed by atoms with Crippen LogP contribution in [0.1, 0.15) is 26.3 Å². The molecule has 0 aromatic heterocycles. The van der Waals surface area contributed by atoms with Crippen LogP contribution in [0.4, 0.5) is 0 Å². The second-order valence-corrected chi connectivity index (χ2v) is 3.44. The van der Waals surface area contributed by atoms with Gasteiger partial charge in [-0.3, -0.25) is 9.59 Å². The maximum atomic E-state index is 11.9. The van der Waals surface area contributed by atoms with E-state index in [0.717, 1.165) is 0 Å². The standard InChI is InChI=1S/C10H10N4O4/c1-6-4-3-5-7(9(15)11-12-17)8(6)10(16)14(2)13-18/h3-5H,1-2H3,(H,11,15,17). The summed E-state index contributed by atoms with van der Waals surface area (Å²) in [4.78, 5) is 43.7. The van der Waals surface area contributed by atoms with Crippen molar-refractivity contribution in [2.75, 3.05) is 7.05 Å². The Kier molecular flexibility index (Phi) is 4.19. The molecule has 0 heterocycles. The number of aryl methyl sites for hydroxylation is 1. The zero-order valence-corrected chi connectivity index (χ0v) is 9.71. The molecule has 0 spiro atoms. The summed E-state index contributed by atoms with van der Waals surface area (Å²) in [6.07, 6.45) is 0. The summed E-state index contributed by atoms with van der Waals surface area (Å²) >= 11 is 0. The van der Waals surface area contributed by atoms with Gasteiger partial charge in [0.2, 0.25) is 0 Å². The van der Waals surface area contributed by atoms with Gasteiger partial charge in [0.1, 0.15) is 0 Å². The number of benzene rings is 1.